The largest absolute Gasteiger partial charge is 0.379 e. The lowest BCUT2D eigenvalue weighted by atomic mass is 10.2. The normalized spacial score (nSPS) is 19.2. The van der Waals surface area contributed by atoms with Crippen molar-refractivity contribution in [1.82, 2.24) is 9.55 Å². The molecule has 1 fully saturated rings. The molecule has 7 heteroatoms. The van der Waals surface area contributed by atoms with Gasteiger partial charge >= 0.3 is 5.69 Å². The van der Waals surface area contributed by atoms with Crippen LogP contribution in [0.3, 0.4) is 0 Å². The number of H-pyrrole nitrogens is 1. The number of fused-ring (bicyclic) bond motifs is 1. The maximum atomic E-state index is 13.3. The molecule has 0 unspecified atom stereocenters. The molecule has 1 aliphatic heterocycles. The highest BCUT2D eigenvalue weighted by atomic mass is 19.2. The molecule has 3 rings (SSSR count). The van der Waals surface area contributed by atoms with Crippen LogP contribution < -0.4 is 11.2 Å². The van der Waals surface area contributed by atoms with Gasteiger partial charge in [-0.05, 0) is 12.5 Å². The molecule has 2 aromatic rings. The molecular formula is C12H10F2N2O3. The Morgan fingerprint density at radius 2 is 2.00 bits per heavy atom. The lowest BCUT2D eigenvalue weighted by Gasteiger charge is -2.14. The van der Waals surface area contributed by atoms with E-state index in [0.29, 0.717) is 19.6 Å². The Balaban J connectivity index is 2.40. The van der Waals surface area contributed by atoms with E-state index >= 15 is 0 Å². The first-order valence-electron chi connectivity index (χ1n) is 5.79. The standard InChI is InChI=1S/C12H10F2N2O3/c13-8-3-7-10(4-9(8)14)16(6-1-2-19-5-6)12(18)15-11(7)17/h3-4,6H,1-2,5H2,(H,15,17,18)/t6-/m1/s1. The van der Waals surface area contributed by atoms with Crippen LogP contribution in [0.15, 0.2) is 21.7 Å². The molecule has 0 saturated carbocycles. The van der Waals surface area contributed by atoms with Gasteiger partial charge in [0.15, 0.2) is 11.6 Å². The van der Waals surface area contributed by atoms with E-state index in [1.807, 2.05) is 0 Å². The van der Waals surface area contributed by atoms with Crippen LogP contribution in [0.2, 0.25) is 0 Å². The van der Waals surface area contributed by atoms with Crippen molar-refractivity contribution in [3.8, 4) is 0 Å². The summed E-state index contributed by atoms with van der Waals surface area (Å²) >= 11 is 0. The minimum atomic E-state index is -1.12. The predicted octanol–water partition coefficient (Wildman–Crippen LogP) is 0.929. The van der Waals surface area contributed by atoms with Gasteiger partial charge in [0.1, 0.15) is 0 Å². The summed E-state index contributed by atoms with van der Waals surface area (Å²) < 4.78 is 33.0. The number of rotatable bonds is 1. The summed E-state index contributed by atoms with van der Waals surface area (Å²) in [5.41, 5.74) is -1.28. The molecule has 1 aromatic heterocycles. The van der Waals surface area contributed by atoms with Crippen molar-refractivity contribution in [1.29, 1.82) is 0 Å². The molecule has 0 radical (unpaired) electrons. The molecule has 1 atom stereocenters. The number of hydrogen-bond donors (Lipinski definition) is 1. The van der Waals surface area contributed by atoms with Gasteiger partial charge in [0.2, 0.25) is 0 Å². The Morgan fingerprint density at radius 3 is 2.68 bits per heavy atom. The minimum Gasteiger partial charge on any atom is -0.379 e. The van der Waals surface area contributed by atoms with Crippen molar-refractivity contribution in [2.24, 2.45) is 0 Å². The molecule has 0 bridgehead atoms. The van der Waals surface area contributed by atoms with Crippen molar-refractivity contribution in [3.05, 3.63) is 44.6 Å². The zero-order valence-electron chi connectivity index (χ0n) is 9.78. The highest BCUT2D eigenvalue weighted by Gasteiger charge is 2.22. The van der Waals surface area contributed by atoms with E-state index in [9.17, 15) is 18.4 Å². The van der Waals surface area contributed by atoms with E-state index < -0.39 is 22.9 Å². The Morgan fingerprint density at radius 1 is 1.26 bits per heavy atom. The fraction of sp³-hybridized carbons (Fsp3) is 0.333. The molecular weight excluding hydrogens is 258 g/mol. The van der Waals surface area contributed by atoms with Gasteiger partial charge in [-0.15, -0.1) is 0 Å². The summed E-state index contributed by atoms with van der Waals surface area (Å²) in [7, 11) is 0. The highest BCUT2D eigenvalue weighted by Crippen LogP contribution is 2.22. The fourth-order valence-corrected chi connectivity index (χ4v) is 2.34. The number of hydrogen-bond acceptors (Lipinski definition) is 3. The molecule has 100 valence electrons. The van der Waals surface area contributed by atoms with Gasteiger partial charge < -0.3 is 4.74 Å². The third-order valence-electron chi connectivity index (χ3n) is 3.25. The average Bonchev–Trinajstić information content (AvgIpc) is 2.86. The van der Waals surface area contributed by atoms with Crippen LogP contribution in [0.5, 0.6) is 0 Å². The summed E-state index contributed by atoms with van der Waals surface area (Å²) in [6.45, 7) is 0.793. The number of nitrogens with zero attached hydrogens (tertiary/aromatic N) is 1. The van der Waals surface area contributed by atoms with Crippen molar-refractivity contribution in [3.63, 3.8) is 0 Å². The van der Waals surface area contributed by atoms with Gasteiger partial charge in [-0.1, -0.05) is 0 Å². The number of aromatic nitrogens is 2. The van der Waals surface area contributed by atoms with Crippen molar-refractivity contribution < 1.29 is 13.5 Å². The van der Waals surface area contributed by atoms with Crippen LogP contribution in [0.25, 0.3) is 10.9 Å². The molecule has 1 N–H and O–H groups in total. The van der Waals surface area contributed by atoms with E-state index in [1.165, 1.54) is 4.57 Å². The second-order valence-corrected chi connectivity index (χ2v) is 4.43. The lowest BCUT2D eigenvalue weighted by molar-refractivity contribution is 0.186. The van der Waals surface area contributed by atoms with Gasteiger partial charge in [0, 0.05) is 12.7 Å². The van der Waals surface area contributed by atoms with E-state index in [-0.39, 0.29) is 16.9 Å². The molecule has 0 aliphatic carbocycles. The average molecular weight is 268 g/mol. The first-order chi connectivity index (χ1) is 9.08. The second kappa shape index (κ2) is 4.27. The summed E-state index contributed by atoms with van der Waals surface area (Å²) in [6, 6.07) is 1.39. The quantitative estimate of drug-likeness (QED) is 0.836. The number of ether oxygens (including phenoxy) is 1. The van der Waals surface area contributed by atoms with Crippen LogP contribution in [-0.4, -0.2) is 22.8 Å². The first-order valence-corrected chi connectivity index (χ1v) is 5.79. The van der Waals surface area contributed by atoms with Crippen LogP contribution in [-0.2, 0) is 4.74 Å². The van der Waals surface area contributed by atoms with E-state index in [2.05, 4.69) is 4.98 Å². The molecule has 0 spiro atoms. The van der Waals surface area contributed by atoms with Crippen LogP contribution >= 0.6 is 0 Å². The first kappa shape index (κ1) is 12.0. The molecule has 5 nitrogen and oxygen atoms in total. The van der Waals surface area contributed by atoms with Crippen molar-refractivity contribution in [2.45, 2.75) is 12.5 Å². The van der Waals surface area contributed by atoms with Crippen molar-refractivity contribution >= 4 is 10.9 Å². The molecule has 1 aliphatic rings. The van der Waals surface area contributed by atoms with Gasteiger partial charge in [-0.25, -0.2) is 13.6 Å². The zero-order chi connectivity index (χ0) is 13.6. The molecule has 2 heterocycles. The number of halogens is 2. The number of benzene rings is 1. The highest BCUT2D eigenvalue weighted by molar-refractivity contribution is 5.78. The smallest absolute Gasteiger partial charge is 0.329 e. The molecule has 1 saturated heterocycles. The summed E-state index contributed by atoms with van der Waals surface area (Å²) in [5.74, 6) is -2.21. The third kappa shape index (κ3) is 1.86. The maximum Gasteiger partial charge on any atom is 0.329 e. The molecule has 0 amide bonds. The third-order valence-corrected chi connectivity index (χ3v) is 3.25. The molecule has 19 heavy (non-hydrogen) atoms. The van der Waals surface area contributed by atoms with E-state index in [1.54, 1.807) is 0 Å². The van der Waals surface area contributed by atoms with Gasteiger partial charge in [0.05, 0.1) is 23.6 Å². The second-order valence-electron chi connectivity index (χ2n) is 4.43. The van der Waals surface area contributed by atoms with Gasteiger partial charge in [-0.2, -0.15) is 0 Å². The van der Waals surface area contributed by atoms with Gasteiger partial charge in [-0.3, -0.25) is 14.3 Å². The van der Waals surface area contributed by atoms with Crippen LogP contribution in [0.1, 0.15) is 12.5 Å². The monoisotopic (exact) mass is 268 g/mol. The van der Waals surface area contributed by atoms with Gasteiger partial charge in [0.25, 0.3) is 5.56 Å². The molecule has 1 aromatic carbocycles. The number of nitrogens with one attached hydrogen (secondary N) is 1. The Hall–Kier alpha value is -2.02. The fourth-order valence-electron chi connectivity index (χ4n) is 2.34. The minimum absolute atomic E-state index is 0.0506. The zero-order valence-corrected chi connectivity index (χ0v) is 9.78. The summed E-state index contributed by atoms with van der Waals surface area (Å²) in [5, 5.41) is -0.0506. The summed E-state index contributed by atoms with van der Waals surface area (Å²) in [4.78, 5) is 25.6. The summed E-state index contributed by atoms with van der Waals surface area (Å²) in [6.07, 6.45) is 0.583. The van der Waals surface area contributed by atoms with E-state index in [0.717, 1.165) is 12.1 Å². The Kier molecular flexibility index (Phi) is 2.70. The van der Waals surface area contributed by atoms with E-state index in [4.69, 9.17) is 4.74 Å². The number of aromatic amines is 1. The predicted molar refractivity (Wildman–Crippen MR) is 63.2 cm³/mol. The maximum absolute atomic E-state index is 13.3. The Labute approximate surface area is 105 Å². The van der Waals surface area contributed by atoms with Crippen LogP contribution in [0, 0.1) is 11.6 Å². The topological polar surface area (TPSA) is 64.1 Å². The SMILES string of the molecule is O=c1[nH]c(=O)n([C@@H]2CCOC2)c2cc(F)c(F)cc12. The van der Waals surface area contributed by atoms with Crippen molar-refractivity contribution in [2.75, 3.05) is 13.2 Å². The van der Waals surface area contributed by atoms with Crippen LogP contribution in [0.4, 0.5) is 8.78 Å². The lowest BCUT2D eigenvalue weighted by Crippen LogP contribution is -2.33. The Bertz CT molecular complexity index is 760.